The number of aryl methyl sites for hydroxylation is 2. The van der Waals surface area contributed by atoms with Crippen LogP contribution in [0.5, 0.6) is 5.88 Å². The number of rotatable bonds is 0. The number of aromatic nitrogens is 2. The van der Waals surface area contributed by atoms with Crippen LogP contribution in [0.1, 0.15) is 11.1 Å². The lowest BCUT2D eigenvalue weighted by atomic mass is 10.2. The summed E-state index contributed by atoms with van der Waals surface area (Å²) in [5.41, 5.74) is 7.86. The Bertz CT molecular complexity index is 414. The second-order valence-electron chi connectivity index (χ2n) is 3.61. The number of nitrogens with two attached hydrogens (primary N) is 1. The minimum atomic E-state index is -0.160. The largest absolute Gasteiger partial charge is 0.493 e. The zero-order valence-corrected chi connectivity index (χ0v) is 10.6. The molecular formula is C12H15N3OS. The summed E-state index contributed by atoms with van der Waals surface area (Å²) < 4.78 is 0. The molecule has 17 heavy (non-hydrogen) atoms. The third-order valence-electron chi connectivity index (χ3n) is 1.94. The van der Waals surface area contributed by atoms with E-state index in [1.54, 1.807) is 0 Å². The van der Waals surface area contributed by atoms with Crippen molar-refractivity contribution in [1.82, 2.24) is 9.97 Å². The van der Waals surface area contributed by atoms with E-state index >= 15 is 0 Å². The molecule has 1 heterocycles. The highest BCUT2D eigenvalue weighted by Gasteiger charge is 1.94. The third-order valence-corrected chi connectivity index (χ3v) is 2.14. The predicted molar refractivity (Wildman–Crippen MR) is 71.3 cm³/mol. The molecule has 2 rings (SSSR count). The van der Waals surface area contributed by atoms with Crippen molar-refractivity contribution in [2.75, 3.05) is 5.73 Å². The number of hydrogen-bond donors (Lipinski definition) is 3. The highest BCUT2D eigenvalue weighted by Crippen LogP contribution is 2.09. The van der Waals surface area contributed by atoms with Gasteiger partial charge in [-0.2, -0.15) is 4.98 Å². The molecule has 90 valence electrons. The maximum absolute atomic E-state index is 8.71. The molecule has 0 bridgehead atoms. The van der Waals surface area contributed by atoms with Gasteiger partial charge in [-0.25, -0.2) is 4.98 Å². The van der Waals surface area contributed by atoms with E-state index in [-0.39, 0.29) is 16.9 Å². The van der Waals surface area contributed by atoms with E-state index in [4.69, 9.17) is 10.8 Å². The first-order valence-electron chi connectivity index (χ1n) is 5.03. The zero-order chi connectivity index (χ0) is 12.8. The van der Waals surface area contributed by atoms with Gasteiger partial charge in [0.1, 0.15) is 5.82 Å². The number of anilines is 1. The van der Waals surface area contributed by atoms with Gasteiger partial charge in [-0.05, 0) is 13.8 Å². The van der Waals surface area contributed by atoms with Gasteiger partial charge in [0, 0.05) is 6.07 Å². The first-order valence-corrected chi connectivity index (χ1v) is 5.48. The van der Waals surface area contributed by atoms with E-state index in [2.05, 4.69) is 60.7 Å². The SMILES string of the molecule is Cc1ccc(C)cc1.Nc1cc(O)nc(S)n1. The van der Waals surface area contributed by atoms with E-state index in [0.29, 0.717) is 0 Å². The second kappa shape index (κ2) is 6.10. The van der Waals surface area contributed by atoms with Crippen LogP contribution >= 0.6 is 12.6 Å². The number of aromatic hydroxyl groups is 1. The normalized spacial score (nSPS) is 9.35. The highest BCUT2D eigenvalue weighted by atomic mass is 32.1. The number of nitrogens with zero attached hydrogens (tertiary/aromatic N) is 2. The summed E-state index contributed by atoms with van der Waals surface area (Å²) in [7, 11) is 0. The van der Waals surface area contributed by atoms with Gasteiger partial charge in [0.05, 0.1) is 0 Å². The molecule has 0 unspecified atom stereocenters. The van der Waals surface area contributed by atoms with Crippen LogP contribution in [0.4, 0.5) is 5.82 Å². The highest BCUT2D eigenvalue weighted by molar-refractivity contribution is 7.80. The van der Waals surface area contributed by atoms with Crippen molar-refractivity contribution in [2.45, 2.75) is 19.0 Å². The van der Waals surface area contributed by atoms with Crippen molar-refractivity contribution in [3.8, 4) is 5.88 Å². The number of hydrogen-bond acceptors (Lipinski definition) is 5. The minimum Gasteiger partial charge on any atom is -0.493 e. The Balaban J connectivity index is 0.000000171. The van der Waals surface area contributed by atoms with Gasteiger partial charge in [0.25, 0.3) is 0 Å². The lowest BCUT2D eigenvalue weighted by molar-refractivity contribution is 0.446. The Morgan fingerprint density at radius 1 is 1.06 bits per heavy atom. The van der Waals surface area contributed by atoms with Gasteiger partial charge >= 0.3 is 0 Å². The van der Waals surface area contributed by atoms with Gasteiger partial charge in [-0.15, -0.1) is 12.6 Å². The van der Waals surface area contributed by atoms with Crippen molar-refractivity contribution < 1.29 is 5.11 Å². The summed E-state index contributed by atoms with van der Waals surface area (Å²) >= 11 is 3.76. The zero-order valence-electron chi connectivity index (χ0n) is 9.75. The Kier molecular flexibility index (Phi) is 4.78. The molecule has 1 aromatic heterocycles. The van der Waals surface area contributed by atoms with Crippen LogP contribution in [0, 0.1) is 13.8 Å². The van der Waals surface area contributed by atoms with Crippen molar-refractivity contribution in [3.05, 3.63) is 41.5 Å². The fourth-order valence-electron chi connectivity index (χ4n) is 1.08. The van der Waals surface area contributed by atoms with Gasteiger partial charge in [0.15, 0.2) is 5.16 Å². The van der Waals surface area contributed by atoms with Crippen molar-refractivity contribution in [3.63, 3.8) is 0 Å². The van der Waals surface area contributed by atoms with E-state index in [0.717, 1.165) is 0 Å². The van der Waals surface area contributed by atoms with Crippen molar-refractivity contribution in [1.29, 1.82) is 0 Å². The molecule has 0 fully saturated rings. The Hall–Kier alpha value is -1.75. The van der Waals surface area contributed by atoms with E-state index in [9.17, 15) is 0 Å². The Morgan fingerprint density at radius 2 is 1.53 bits per heavy atom. The average Bonchev–Trinajstić information content (AvgIpc) is 2.21. The molecule has 0 saturated carbocycles. The molecule has 0 aliphatic rings. The molecule has 0 saturated heterocycles. The molecule has 0 amide bonds. The summed E-state index contributed by atoms with van der Waals surface area (Å²) in [6.45, 7) is 4.19. The Labute approximate surface area is 106 Å². The van der Waals surface area contributed by atoms with Crippen LogP contribution in [0.15, 0.2) is 35.5 Å². The molecule has 5 heteroatoms. The molecule has 3 N–H and O–H groups in total. The van der Waals surface area contributed by atoms with Gasteiger partial charge in [-0.3, -0.25) is 0 Å². The lowest BCUT2D eigenvalue weighted by Crippen LogP contribution is -1.91. The Morgan fingerprint density at radius 3 is 1.88 bits per heavy atom. The van der Waals surface area contributed by atoms with Gasteiger partial charge in [-0.1, -0.05) is 35.4 Å². The smallest absolute Gasteiger partial charge is 0.216 e. The number of thiol groups is 1. The van der Waals surface area contributed by atoms with Crippen LogP contribution in [-0.2, 0) is 0 Å². The molecule has 4 nitrogen and oxygen atoms in total. The topological polar surface area (TPSA) is 72.0 Å². The number of benzene rings is 1. The second-order valence-corrected chi connectivity index (χ2v) is 4.01. The van der Waals surface area contributed by atoms with E-state index in [1.165, 1.54) is 17.2 Å². The molecule has 0 radical (unpaired) electrons. The fourth-order valence-corrected chi connectivity index (χ4v) is 1.29. The monoisotopic (exact) mass is 249 g/mol. The van der Waals surface area contributed by atoms with Gasteiger partial charge in [0.2, 0.25) is 5.88 Å². The molecule has 0 aliphatic heterocycles. The van der Waals surface area contributed by atoms with Crippen LogP contribution in [-0.4, -0.2) is 15.1 Å². The molecule has 2 aromatic rings. The molecule has 0 spiro atoms. The summed E-state index contributed by atoms with van der Waals surface area (Å²) in [6.07, 6.45) is 0. The first-order chi connectivity index (χ1) is 7.97. The third kappa shape index (κ3) is 5.21. The van der Waals surface area contributed by atoms with Crippen LogP contribution in [0.2, 0.25) is 0 Å². The standard InChI is InChI=1S/C8H10.C4H5N3OS/c1-7-3-5-8(2)6-4-7;5-2-1-3(8)7-4(9)6-2/h3-6H,1-2H3;1H,(H4,5,6,7,8,9). The van der Waals surface area contributed by atoms with E-state index in [1.807, 2.05) is 0 Å². The number of nitrogen functional groups attached to an aromatic ring is 1. The average molecular weight is 249 g/mol. The first kappa shape index (κ1) is 13.3. The molecule has 0 aliphatic carbocycles. The summed E-state index contributed by atoms with van der Waals surface area (Å²) in [5.74, 6) is 0.0556. The van der Waals surface area contributed by atoms with Crippen molar-refractivity contribution in [2.24, 2.45) is 0 Å². The quantitative estimate of drug-likeness (QED) is 0.495. The lowest BCUT2D eigenvalue weighted by Gasteiger charge is -1.93. The van der Waals surface area contributed by atoms with Crippen LogP contribution in [0.3, 0.4) is 0 Å². The van der Waals surface area contributed by atoms with Crippen LogP contribution in [0.25, 0.3) is 0 Å². The maximum atomic E-state index is 8.71. The maximum Gasteiger partial charge on any atom is 0.216 e. The van der Waals surface area contributed by atoms with Crippen molar-refractivity contribution >= 4 is 18.4 Å². The molecule has 0 atom stereocenters. The summed E-state index contributed by atoms with van der Waals surface area (Å²) in [6, 6.07) is 9.73. The predicted octanol–water partition coefficient (Wildman–Crippen LogP) is 2.36. The van der Waals surface area contributed by atoms with Gasteiger partial charge < -0.3 is 10.8 Å². The summed E-state index contributed by atoms with van der Waals surface area (Å²) in [4.78, 5) is 7.07. The minimum absolute atomic E-state index is 0.160. The van der Waals surface area contributed by atoms with Crippen LogP contribution < -0.4 is 5.73 Å². The van der Waals surface area contributed by atoms with E-state index < -0.39 is 0 Å². The summed E-state index contributed by atoms with van der Waals surface area (Å²) in [5, 5.41) is 8.89. The fraction of sp³-hybridized carbons (Fsp3) is 0.167. The molecular weight excluding hydrogens is 234 g/mol. The molecule has 1 aromatic carbocycles.